The van der Waals surface area contributed by atoms with Crippen molar-refractivity contribution in [1.29, 1.82) is 0 Å². The first-order valence-electron chi connectivity index (χ1n) is 8.87. The zero-order valence-corrected chi connectivity index (χ0v) is 14.8. The van der Waals surface area contributed by atoms with Crippen molar-refractivity contribution in [2.45, 2.75) is 25.5 Å². The quantitative estimate of drug-likeness (QED) is 0.569. The molecule has 1 heterocycles. The molecule has 0 radical (unpaired) electrons. The number of aliphatic hydroxyl groups excluding tert-OH is 1. The van der Waals surface area contributed by atoms with Gasteiger partial charge in [-0.2, -0.15) is 0 Å². The first kappa shape index (κ1) is 18.2. The topological polar surface area (TPSA) is 65.9 Å². The van der Waals surface area contributed by atoms with Crippen LogP contribution >= 0.6 is 0 Å². The number of fused-ring (bicyclic) bond motifs is 1. The lowest BCUT2D eigenvalue weighted by atomic mass is 10.0. The molecule has 0 saturated carbocycles. The number of aliphatic hydroxyl groups is 1. The number of nitrogens with zero attached hydrogens (tertiary/aromatic N) is 1. The summed E-state index contributed by atoms with van der Waals surface area (Å²) in [5, 5.41) is 16.9. The Balaban J connectivity index is 1.69. The Labute approximate surface area is 152 Å². The van der Waals surface area contributed by atoms with Crippen LogP contribution in [0.4, 0.5) is 4.39 Å². The van der Waals surface area contributed by atoms with Crippen LogP contribution in [0.5, 0.6) is 5.75 Å². The molecule has 3 rings (SSSR count). The Bertz CT molecular complexity index is 749. The average molecular weight is 357 g/mol. The van der Waals surface area contributed by atoms with E-state index in [1.54, 1.807) is 12.1 Å². The van der Waals surface area contributed by atoms with Gasteiger partial charge >= 0.3 is 0 Å². The molecule has 2 aromatic rings. The summed E-state index contributed by atoms with van der Waals surface area (Å²) < 4.78 is 18.7. The predicted molar refractivity (Wildman–Crippen MR) is 99.8 cm³/mol. The number of hydrogen-bond donors (Lipinski definition) is 3. The summed E-state index contributed by atoms with van der Waals surface area (Å²) in [4.78, 5) is 4.49. The minimum Gasteiger partial charge on any atom is -0.493 e. The Morgan fingerprint density at radius 2 is 2.04 bits per heavy atom. The zero-order valence-electron chi connectivity index (χ0n) is 14.8. The number of aliphatic imine (C=N–C) groups is 1. The van der Waals surface area contributed by atoms with Crippen LogP contribution in [0.1, 0.15) is 36.6 Å². The van der Waals surface area contributed by atoms with Crippen LogP contribution in [0.3, 0.4) is 0 Å². The van der Waals surface area contributed by atoms with Gasteiger partial charge in [0.25, 0.3) is 0 Å². The first-order valence-corrected chi connectivity index (χ1v) is 8.87. The number of benzene rings is 2. The van der Waals surface area contributed by atoms with Crippen molar-refractivity contribution in [3.05, 3.63) is 65.5 Å². The van der Waals surface area contributed by atoms with E-state index in [9.17, 15) is 9.50 Å². The smallest absolute Gasteiger partial charge is 0.191 e. The fraction of sp³-hybridized carbons (Fsp3) is 0.350. The molecule has 26 heavy (non-hydrogen) atoms. The molecular formula is C20H24FN3O2. The molecule has 0 amide bonds. The van der Waals surface area contributed by atoms with Crippen molar-refractivity contribution >= 4 is 5.96 Å². The monoisotopic (exact) mass is 357 g/mol. The van der Waals surface area contributed by atoms with Gasteiger partial charge < -0.3 is 20.5 Å². The van der Waals surface area contributed by atoms with Crippen LogP contribution in [-0.2, 0) is 0 Å². The van der Waals surface area contributed by atoms with Crippen molar-refractivity contribution in [2.24, 2.45) is 4.99 Å². The maximum Gasteiger partial charge on any atom is 0.191 e. The second-order valence-electron chi connectivity index (χ2n) is 6.16. The van der Waals surface area contributed by atoms with E-state index in [1.807, 2.05) is 31.2 Å². The highest BCUT2D eigenvalue weighted by Gasteiger charge is 2.21. The molecule has 2 aromatic carbocycles. The van der Waals surface area contributed by atoms with E-state index in [4.69, 9.17) is 4.74 Å². The Hall–Kier alpha value is -2.60. The van der Waals surface area contributed by atoms with Gasteiger partial charge in [0, 0.05) is 18.5 Å². The lowest BCUT2D eigenvalue weighted by Crippen LogP contribution is -2.41. The number of nitrogens with one attached hydrogen (secondary N) is 2. The maximum atomic E-state index is 13.0. The average Bonchev–Trinajstić information content (AvgIpc) is 2.67. The fourth-order valence-electron chi connectivity index (χ4n) is 2.95. The van der Waals surface area contributed by atoms with Crippen LogP contribution in [0.25, 0.3) is 0 Å². The standard InChI is InChI=1S/C20H24FN3O2/c1-2-22-20(23-13-18(25)14-7-9-15(21)10-8-14)24-17-11-12-26-19-6-4-3-5-16(17)19/h3-10,17-18,25H,2,11-13H2,1H3,(H2,22,23,24). The largest absolute Gasteiger partial charge is 0.493 e. The molecule has 2 unspecified atom stereocenters. The summed E-state index contributed by atoms with van der Waals surface area (Å²) in [5.41, 5.74) is 1.74. The lowest BCUT2D eigenvalue weighted by molar-refractivity contribution is 0.187. The third kappa shape index (κ3) is 4.52. The van der Waals surface area contributed by atoms with Crippen LogP contribution in [0.2, 0.25) is 0 Å². The summed E-state index contributed by atoms with van der Waals surface area (Å²) in [6.07, 6.45) is 0.0510. The van der Waals surface area contributed by atoms with Crippen molar-refractivity contribution in [3.63, 3.8) is 0 Å². The Morgan fingerprint density at radius 3 is 2.81 bits per heavy atom. The third-order valence-corrected chi connectivity index (χ3v) is 4.29. The summed E-state index contributed by atoms with van der Waals surface area (Å²) >= 11 is 0. The van der Waals surface area contributed by atoms with Gasteiger partial charge in [0.2, 0.25) is 0 Å². The number of halogens is 1. The van der Waals surface area contributed by atoms with Crippen molar-refractivity contribution in [3.8, 4) is 5.75 Å². The second-order valence-corrected chi connectivity index (χ2v) is 6.16. The second kappa shape index (κ2) is 8.67. The number of guanidine groups is 1. The van der Waals surface area contributed by atoms with Gasteiger partial charge in [-0.25, -0.2) is 4.39 Å². The maximum absolute atomic E-state index is 13.0. The van der Waals surface area contributed by atoms with E-state index >= 15 is 0 Å². The van der Waals surface area contributed by atoms with Gasteiger partial charge in [0.15, 0.2) is 5.96 Å². The molecule has 6 heteroatoms. The number of rotatable bonds is 5. The van der Waals surface area contributed by atoms with E-state index in [0.29, 0.717) is 24.7 Å². The van der Waals surface area contributed by atoms with Gasteiger partial charge in [0.1, 0.15) is 11.6 Å². The summed E-state index contributed by atoms with van der Waals surface area (Å²) in [5.74, 6) is 1.20. The molecule has 0 saturated heterocycles. The number of hydrogen-bond acceptors (Lipinski definition) is 3. The van der Waals surface area contributed by atoms with Gasteiger partial charge in [-0.05, 0) is 30.7 Å². The van der Waals surface area contributed by atoms with Crippen LogP contribution in [-0.4, -0.2) is 30.8 Å². The first-order chi connectivity index (χ1) is 12.7. The number of ether oxygens (including phenoxy) is 1. The lowest BCUT2D eigenvalue weighted by Gasteiger charge is -2.28. The van der Waals surface area contributed by atoms with Crippen LogP contribution in [0.15, 0.2) is 53.5 Å². The normalized spacial score (nSPS) is 17.8. The van der Waals surface area contributed by atoms with Crippen molar-refractivity contribution in [2.75, 3.05) is 19.7 Å². The van der Waals surface area contributed by atoms with Crippen LogP contribution in [0, 0.1) is 5.82 Å². The Kier molecular flexibility index (Phi) is 6.07. The molecule has 1 aliphatic rings. The summed E-state index contributed by atoms with van der Waals surface area (Å²) in [6, 6.07) is 13.9. The van der Waals surface area contributed by atoms with E-state index < -0.39 is 6.10 Å². The Morgan fingerprint density at radius 1 is 1.27 bits per heavy atom. The minimum absolute atomic E-state index is 0.0979. The van der Waals surface area contributed by atoms with Crippen LogP contribution < -0.4 is 15.4 Å². The molecule has 0 fully saturated rings. The predicted octanol–water partition coefficient (Wildman–Crippen LogP) is 2.94. The molecular weight excluding hydrogens is 333 g/mol. The fourth-order valence-corrected chi connectivity index (χ4v) is 2.95. The minimum atomic E-state index is -0.784. The van der Waals surface area contributed by atoms with Gasteiger partial charge in [-0.1, -0.05) is 30.3 Å². The molecule has 0 spiro atoms. The molecule has 1 aliphatic heterocycles. The van der Waals surface area contributed by atoms with Gasteiger partial charge in [0.05, 0.1) is 25.3 Å². The van der Waals surface area contributed by atoms with E-state index in [0.717, 1.165) is 17.7 Å². The van der Waals surface area contributed by atoms with E-state index in [2.05, 4.69) is 15.6 Å². The third-order valence-electron chi connectivity index (χ3n) is 4.29. The number of para-hydroxylation sites is 1. The molecule has 0 aromatic heterocycles. The molecule has 0 aliphatic carbocycles. The molecule has 2 atom stereocenters. The summed E-state index contributed by atoms with van der Waals surface area (Å²) in [6.45, 7) is 3.53. The summed E-state index contributed by atoms with van der Waals surface area (Å²) in [7, 11) is 0. The molecule has 0 bridgehead atoms. The van der Waals surface area contributed by atoms with Crippen molar-refractivity contribution in [1.82, 2.24) is 10.6 Å². The highest BCUT2D eigenvalue weighted by atomic mass is 19.1. The van der Waals surface area contributed by atoms with E-state index in [-0.39, 0.29) is 18.4 Å². The van der Waals surface area contributed by atoms with Crippen molar-refractivity contribution < 1.29 is 14.2 Å². The van der Waals surface area contributed by atoms with Gasteiger partial charge in [-0.3, -0.25) is 4.99 Å². The molecule has 3 N–H and O–H groups in total. The SMILES string of the molecule is CCNC(=NCC(O)c1ccc(F)cc1)NC1CCOc2ccccc21. The zero-order chi connectivity index (χ0) is 18.4. The molecule has 138 valence electrons. The van der Waals surface area contributed by atoms with E-state index in [1.165, 1.54) is 12.1 Å². The van der Waals surface area contributed by atoms with Gasteiger partial charge in [-0.15, -0.1) is 0 Å². The molecule has 5 nitrogen and oxygen atoms in total. The highest BCUT2D eigenvalue weighted by molar-refractivity contribution is 5.80. The highest BCUT2D eigenvalue weighted by Crippen LogP contribution is 2.31.